The molecule has 8 heteroatoms. The van der Waals surface area contributed by atoms with E-state index in [1.54, 1.807) is 6.92 Å². The molecular weight excluding hydrogens is 266 g/mol. The zero-order valence-corrected chi connectivity index (χ0v) is 12.2. The van der Waals surface area contributed by atoms with Crippen molar-refractivity contribution >= 4 is 28.3 Å². The first-order valence-electron chi connectivity index (χ1n) is 5.29. The number of carbonyl (C=O) groups excluding carboxylic acids is 1. The fraction of sp³-hybridized carbons (Fsp3) is 0.889. The van der Waals surface area contributed by atoms with E-state index in [9.17, 15) is 13.2 Å². The van der Waals surface area contributed by atoms with Crippen LogP contribution in [0.4, 0.5) is 0 Å². The molecule has 0 atom stereocenters. The SMILES string of the molecule is CCS(=O)(=O)N(C)CC(=O)NCCCNC.Cl. The van der Waals surface area contributed by atoms with Gasteiger partial charge in [-0.2, -0.15) is 4.31 Å². The molecule has 0 aliphatic heterocycles. The lowest BCUT2D eigenvalue weighted by molar-refractivity contribution is -0.121. The molecule has 0 fully saturated rings. The van der Waals surface area contributed by atoms with Gasteiger partial charge in [-0.05, 0) is 26.9 Å². The van der Waals surface area contributed by atoms with Crippen molar-refractivity contribution in [3.05, 3.63) is 0 Å². The van der Waals surface area contributed by atoms with E-state index in [2.05, 4.69) is 10.6 Å². The summed E-state index contributed by atoms with van der Waals surface area (Å²) in [5, 5.41) is 5.62. The maximum Gasteiger partial charge on any atom is 0.235 e. The standard InChI is InChI=1S/C9H21N3O3S.ClH/c1-4-16(14,15)12(3)8-9(13)11-7-5-6-10-2;/h10H,4-8H2,1-3H3,(H,11,13);1H. The summed E-state index contributed by atoms with van der Waals surface area (Å²) >= 11 is 0. The lowest BCUT2D eigenvalue weighted by Gasteiger charge is -2.15. The van der Waals surface area contributed by atoms with Crippen LogP contribution in [0.2, 0.25) is 0 Å². The van der Waals surface area contributed by atoms with Crippen molar-refractivity contribution in [2.45, 2.75) is 13.3 Å². The van der Waals surface area contributed by atoms with E-state index in [0.29, 0.717) is 6.54 Å². The van der Waals surface area contributed by atoms with E-state index in [1.165, 1.54) is 7.05 Å². The zero-order chi connectivity index (χ0) is 12.6. The molecule has 0 radical (unpaired) electrons. The van der Waals surface area contributed by atoms with Gasteiger partial charge in [0.25, 0.3) is 0 Å². The number of sulfonamides is 1. The molecule has 1 amide bonds. The summed E-state index contributed by atoms with van der Waals surface area (Å²) in [6.07, 6.45) is 0.826. The first-order chi connectivity index (χ1) is 7.44. The largest absolute Gasteiger partial charge is 0.355 e. The van der Waals surface area contributed by atoms with Gasteiger partial charge in [0.2, 0.25) is 15.9 Å². The van der Waals surface area contributed by atoms with Gasteiger partial charge in [-0.15, -0.1) is 12.4 Å². The molecular formula is C9H22ClN3O3S. The van der Waals surface area contributed by atoms with Crippen LogP contribution in [0, 0.1) is 0 Å². The second kappa shape index (κ2) is 9.64. The number of nitrogens with one attached hydrogen (secondary N) is 2. The molecule has 0 heterocycles. The molecule has 0 rings (SSSR count). The van der Waals surface area contributed by atoms with Crippen molar-refractivity contribution in [1.82, 2.24) is 14.9 Å². The molecule has 0 aliphatic carbocycles. The normalized spacial score (nSPS) is 11.1. The molecule has 0 bridgehead atoms. The molecule has 6 nitrogen and oxygen atoms in total. The highest BCUT2D eigenvalue weighted by atomic mass is 35.5. The third kappa shape index (κ3) is 8.37. The highest BCUT2D eigenvalue weighted by Crippen LogP contribution is 1.96. The minimum absolute atomic E-state index is 0. The second-order valence-corrected chi connectivity index (χ2v) is 5.83. The Hall–Kier alpha value is -0.370. The predicted molar refractivity (Wildman–Crippen MR) is 70.9 cm³/mol. The van der Waals surface area contributed by atoms with Gasteiger partial charge in [0.1, 0.15) is 0 Å². The van der Waals surface area contributed by atoms with E-state index in [4.69, 9.17) is 0 Å². The smallest absolute Gasteiger partial charge is 0.235 e. The van der Waals surface area contributed by atoms with Crippen molar-refractivity contribution in [2.75, 3.05) is 39.5 Å². The topological polar surface area (TPSA) is 78.5 Å². The van der Waals surface area contributed by atoms with E-state index in [-0.39, 0.29) is 30.6 Å². The van der Waals surface area contributed by atoms with E-state index >= 15 is 0 Å². The number of amides is 1. The average molecular weight is 288 g/mol. The molecule has 0 aromatic carbocycles. The molecule has 104 valence electrons. The lowest BCUT2D eigenvalue weighted by atomic mass is 10.4. The van der Waals surface area contributed by atoms with Gasteiger partial charge in [0.15, 0.2) is 0 Å². The van der Waals surface area contributed by atoms with Gasteiger partial charge in [-0.25, -0.2) is 8.42 Å². The Morgan fingerprint density at radius 2 is 1.88 bits per heavy atom. The molecule has 2 N–H and O–H groups in total. The summed E-state index contributed by atoms with van der Waals surface area (Å²) in [7, 11) is -0.0229. The van der Waals surface area contributed by atoms with Gasteiger partial charge in [-0.3, -0.25) is 4.79 Å². The average Bonchev–Trinajstić information content (AvgIpc) is 2.24. The number of hydrogen-bond acceptors (Lipinski definition) is 4. The highest BCUT2D eigenvalue weighted by Gasteiger charge is 2.17. The first kappa shape index (κ1) is 19.0. The van der Waals surface area contributed by atoms with E-state index in [1.807, 2.05) is 7.05 Å². The fourth-order valence-corrected chi connectivity index (χ4v) is 1.82. The summed E-state index contributed by atoms with van der Waals surface area (Å²) in [5.41, 5.74) is 0. The fourth-order valence-electron chi connectivity index (χ4n) is 1.07. The van der Waals surface area contributed by atoms with E-state index < -0.39 is 10.0 Å². The van der Waals surface area contributed by atoms with Gasteiger partial charge in [-0.1, -0.05) is 0 Å². The van der Waals surface area contributed by atoms with Crippen LogP contribution in [-0.4, -0.2) is 58.1 Å². The van der Waals surface area contributed by atoms with Crippen molar-refractivity contribution in [3.63, 3.8) is 0 Å². The van der Waals surface area contributed by atoms with Crippen LogP contribution in [0.1, 0.15) is 13.3 Å². The maximum absolute atomic E-state index is 11.3. The molecule has 0 unspecified atom stereocenters. The Balaban J connectivity index is 0. The Labute approximate surface area is 110 Å². The van der Waals surface area contributed by atoms with Crippen LogP contribution < -0.4 is 10.6 Å². The summed E-state index contributed by atoms with van der Waals surface area (Å²) in [4.78, 5) is 11.3. The van der Waals surface area contributed by atoms with Crippen LogP contribution in [0.5, 0.6) is 0 Å². The maximum atomic E-state index is 11.3. The number of halogens is 1. The quantitative estimate of drug-likeness (QED) is 0.585. The molecule has 0 aliphatic rings. The van der Waals surface area contributed by atoms with Crippen LogP contribution >= 0.6 is 12.4 Å². The minimum Gasteiger partial charge on any atom is -0.355 e. The summed E-state index contributed by atoms with van der Waals surface area (Å²) in [6, 6.07) is 0. The lowest BCUT2D eigenvalue weighted by Crippen LogP contribution is -2.39. The second-order valence-electron chi connectivity index (χ2n) is 3.46. The Morgan fingerprint density at radius 3 is 2.35 bits per heavy atom. The molecule has 17 heavy (non-hydrogen) atoms. The third-order valence-electron chi connectivity index (χ3n) is 2.13. The number of carbonyl (C=O) groups is 1. The van der Waals surface area contributed by atoms with Crippen LogP contribution in [0.3, 0.4) is 0 Å². The number of likely N-dealkylation sites (N-methyl/N-ethyl adjacent to an activating group) is 1. The number of nitrogens with zero attached hydrogens (tertiary/aromatic N) is 1. The summed E-state index contributed by atoms with van der Waals surface area (Å²) in [6.45, 7) is 2.81. The van der Waals surface area contributed by atoms with Crippen LogP contribution in [0.25, 0.3) is 0 Å². The highest BCUT2D eigenvalue weighted by molar-refractivity contribution is 7.89. The zero-order valence-electron chi connectivity index (χ0n) is 10.5. The Kier molecular flexibility index (Phi) is 10.8. The van der Waals surface area contributed by atoms with Crippen molar-refractivity contribution < 1.29 is 13.2 Å². The van der Waals surface area contributed by atoms with Gasteiger partial charge in [0, 0.05) is 13.6 Å². The van der Waals surface area contributed by atoms with Crippen LogP contribution in [0.15, 0.2) is 0 Å². The van der Waals surface area contributed by atoms with E-state index in [0.717, 1.165) is 17.3 Å². The Bertz CT molecular complexity index is 309. The van der Waals surface area contributed by atoms with Gasteiger partial charge >= 0.3 is 0 Å². The third-order valence-corrected chi connectivity index (χ3v) is 3.94. The first-order valence-corrected chi connectivity index (χ1v) is 6.90. The number of hydrogen-bond donors (Lipinski definition) is 2. The molecule has 0 saturated carbocycles. The predicted octanol–water partition coefficient (Wildman–Crippen LogP) is -0.585. The number of rotatable bonds is 8. The Morgan fingerprint density at radius 1 is 1.29 bits per heavy atom. The van der Waals surface area contributed by atoms with Crippen molar-refractivity contribution in [2.24, 2.45) is 0 Å². The molecule has 0 aromatic heterocycles. The van der Waals surface area contributed by atoms with Crippen molar-refractivity contribution in [3.8, 4) is 0 Å². The molecule has 0 aromatic rings. The van der Waals surface area contributed by atoms with Crippen molar-refractivity contribution in [1.29, 1.82) is 0 Å². The summed E-state index contributed by atoms with van der Waals surface area (Å²) in [5.74, 6) is -0.257. The summed E-state index contributed by atoms with van der Waals surface area (Å²) < 4.78 is 23.8. The van der Waals surface area contributed by atoms with Gasteiger partial charge < -0.3 is 10.6 Å². The van der Waals surface area contributed by atoms with Gasteiger partial charge in [0.05, 0.1) is 12.3 Å². The minimum atomic E-state index is -3.27. The molecule has 0 spiro atoms. The molecule has 0 saturated heterocycles. The van der Waals surface area contributed by atoms with Crippen LogP contribution in [-0.2, 0) is 14.8 Å². The monoisotopic (exact) mass is 287 g/mol.